The molecule has 23 heavy (non-hydrogen) atoms. The van der Waals surface area contributed by atoms with E-state index in [-0.39, 0.29) is 11.8 Å². The van der Waals surface area contributed by atoms with Gasteiger partial charge in [-0.25, -0.2) is 0 Å². The number of hydrogen-bond acceptors (Lipinski definition) is 3. The number of thiazole rings is 1. The van der Waals surface area contributed by atoms with Crippen molar-refractivity contribution in [3.05, 3.63) is 29.1 Å². The molecule has 0 radical (unpaired) electrons. The molecule has 1 amide bonds. The molecule has 0 N–H and O–H groups in total. The van der Waals surface area contributed by atoms with Crippen molar-refractivity contribution in [1.29, 1.82) is 0 Å². The van der Waals surface area contributed by atoms with Gasteiger partial charge in [-0.1, -0.05) is 30.4 Å². The van der Waals surface area contributed by atoms with E-state index in [0.717, 1.165) is 46.6 Å². The summed E-state index contributed by atoms with van der Waals surface area (Å²) in [6.45, 7) is 3.60. The van der Waals surface area contributed by atoms with Gasteiger partial charge in [0, 0.05) is 19.6 Å². The molecule has 0 atom stereocenters. The highest BCUT2D eigenvalue weighted by Crippen LogP contribution is 2.29. The molecule has 2 aromatic rings. The van der Waals surface area contributed by atoms with Crippen molar-refractivity contribution >= 4 is 27.5 Å². The molecule has 1 saturated carbocycles. The lowest BCUT2D eigenvalue weighted by molar-refractivity contribution is -0.123. The van der Waals surface area contributed by atoms with Crippen LogP contribution >= 0.6 is 11.3 Å². The molecule has 124 valence electrons. The number of para-hydroxylation sites is 1. The summed E-state index contributed by atoms with van der Waals surface area (Å²) in [4.78, 5) is 17.9. The third-order valence-electron chi connectivity index (χ3n) is 4.68. The van der Waals surface area contributed by atoms with E-state index in [1.54, 1.807) is 18.4 Å². The number of hydrogen-bond donors (Lipinski definition) is 0. The topological polar surface area (TPSA) is 43.6 Å². The molecule has 1 aromatic carbocycles. The first kappa shape index (κ1) is 16.4. The second kappa shape index (κ2) is 7.41. The van der Waals surface area contributed by atoms with E-state index in [0.29, 0.717) is 13.2 Å². The zero-order chi connectivity index (χ0) is 16.2. The SMILES string of the molecule is COCCn1c(=NC(=O)C2CCC(C)CC2)sc2ccccc21. The van der Waals surface area contributed by atoms with Gasteiger partial charge in [-0.05, 0) is 43.7 Å². The Bertz CT molecular complexity index is 739. The highest BCUT2D eigenvalue weighted by molar-refractivity contribution is 7.16. The van der Waals surface area contributed by atoms with Crippen molar-refractivity contribution in [3.63, 3.8) is 0 Å². The van der Waals surface area contributed by atoms with Crippen LogP contribution in [0.15, 0.2) is 29.3 Å². The number of ether oxygens (including phenoxy) is 1. The predicted molar refractivity (Wildman–Crippen MR) is 93.4 cm³/mol. The summed E-state index contributed by atoms with van der Waals surface area (Å²) in [6, 6.07) is 8.20. The van der Waals surface area contributed by atoms with Crippen LogP contribution < -0.4 is 4.80 Å². The van der Waals surface area contributed by atoms with Crippen LogP contribution in [0.3, 0.4) is 0 Å². The zero-order valence-corrected chi connectivity index (χ0v) is 14.6. The normalized spacial score (nSPS) is 22.6. The van der Waals surface area contributed by atoms with Gasteiger partial charge >= 0.3 is 0 Å². The molecule has 1 aromatic heterocycles. The molecule has 0 bridgehead atoms. The minimum Gasteiger partial charge on any atom is -0.383 e. The fourth-order valence-corrected chi connectivity index (χ4v) is 4.26. The summed E-state index contributed by atoms with van der Waals surface area (Å²) in [5.41, 5.74) is 1.12. The van der Waals surface area contributed by atoms with Crippen molar-refractivity contribution in [3.8, 4) is 0 Å². The molecule has 0 unspecified atom stereocenters. The van der Waals surface area contributed by atoms with E-state index in [4.69, 9.17) is 4.74 Å². The number of methoxy groups -OCH3 is 1. The third kappa shape index (κ3) is 3.72. The van der Waals surface area contributed by atoms with Crippen molar-refractivity contribution in [2.75, 3.05) is 13.7 Å². The number of aromatic nitrogens is 1. The lowest BCUT2D eigenvalue weighted by atomic mass is 9.83. The Balaban J connectivity index is 1.92. The van der Waals surface area contributed by atoms with Crippen LogP contribution in [0.4, 0.5) is 0 Å². The Morgan fingerprint density at radius 3 is 2.78 bits per heavy atom. The number of benzene rings is 1. The lowest BCUT2D eigenvalue weighted by Gasteiger charge is -2.23. The number of carbonyl (C=O) groups is 1. The summed E-state index contributed by atoms with van der Waals surface area (Å²) in [6.07, 6.45) is 4.24. The standard InChI is InChI=1S/C18H24N2O2S/c1-13-7-9-14(10-8-13)17(21)19-18-20(11-12-22-2)15-5-3-4-6-16(15)23-18/h3-6,13-14H,7-12H2,1-2H3. The Kier molecular flexibility index (Phi) is 5.28. The molecular weight excluding hydrogens is 308 g/mol. The maximum atomic E-state index is 12.6. The predicted octanol–water partition coefficient (Wildman–Crippen LogP) is 3.60. The highest BCUT2D eigenvalue weighted by Gasteiger charge is 2.24. The minimum atomic E-state index is 0.0506. The number of nitrogens with zero attached hydrogens (tertiary/aromatic N) is 2. The molecule has 1 aliphatic carbocycles. The summed E-state index contributed by atoms with van der Waals surface area (Å²) in [5, 5.41) is 0. The number of rotatable bonds is 4. The van der Waals surface area contributed by atoms with E-state index >= 15 is 0 Å². The van der Waals surface area contributed by atoms with Gasteiger partial charge in [-0.15, -0.1) is 0 Å². The molecule has 5 heteroatoms. The summed E-state index contributed by atoms with van der Waals surface area (Å²) >= 11 is 1.59. The molecule has 4 nitrogen and oxygen atoms in total. The van der Waals surface area contributed by atoms with Crippen molar-refractivity contribution in [2.45, 2.75) is 39.2 Å². The van der Waals surface area contributed by atoms with Crippen molar-refractivity contribution < 1.29 is 9.53 Å². The van der Waals surface area contributed by atoms with Gasteiger partial charge < -0.3 is 9.30 Å². The molecule has 0 spiro atoms. The second-order valence-corrected chi connectivity index (χ2v) is 7.41. The summed E-state index contributed by atoms with van der Waals surface area (Å²) in [5.74, 6) is 0.900. The van der Waals surface area contributed by atoms with E-state index in [1.807, 2.05) is 12.1 Å². The number of carbonyl (C=O) groups excluding carboxylic acids is 1. The van der Waals surface area contributed by atoms with E-state index in [2.05, 4.69) is 28.6 Å². The van der Waals surface area contributed by atoms with Crippen LogP contribution in [0.2, 0.25) is 0 Å². The molecule has 1 aliphatic rings. The smallest absolute Gasteiger partial charge is 0.251 e. The maximum absolute atomic E-state index is 12.6. The molecule has 1 heterocycles. The van der Waals surface area contributed by atoms with Crippen LogP contribution in [0.5, 0.6) is 0 Å². The van der Waals surface area contributed by atoms with E-state index in [9.17, 15) is 4.79 Å². The van der Waals surface area contributed by atoms with Crippen molar-refractivity contribution in [2.24, 2.45) is 16.8 Å². The first-order valence-electron chi connectivity index (χ1n) is 8.35. The molecule has 0 saturated heterocycles. The Hall–Kier alpha value is -1.46. The van der Waals surface area contributed by atoms with Gasteiger partial charge in [0.05, 0.1) is 16.8 Å². The van der Waals surface area contributed by atoms with Gasteiger partial charge in [0.1, 0.15) is 0 Å². The van der Waals surface area contributed by atoms with E-state index < -0.39 is 0 Å². The molecule has 1 fully saturated rings. The first-order chi connectivity index (χ1) is 11.2. The van der Waals surface area contributed by atoms with Gasteiger partial charge in [0.15, 0.2) is 4.80 Å². The average Bonchev–Trinajstić information content (AvgIpc) is 2.90. The van der Waals surface area contributed by atoms with Crippen LogP contribution in [0.25, 0.3) is 10.2 Å². The van der Waals surface area contributed by atoms with E-state index in [1.165, 1.54) is 0 Å². The van der Waals surface area contributed by atoms with Crippen LogP contribution in [0, 0.1) is 11.8 Å². The zero-order valence-electron chi connectivity index (χ0n) is 13.8. The Labute approximate surface area is 140 Å². The van der Waals surface area contributed by atoms with Gasteiger partial charge in [-0.3, -0.25) is 4.79 Å². The first-order valence-corrected chi connectivity index (χ1v) is 9.16. The average molecular weight is 332 g/mol. The van der Waals surface area contributed by atoms with Crippen LogP contribution in [-0.4, -0.2) is 24.2 Å². The summed E-state index contributed by atoms with van der Waals surface area (Å²) < 4.78 is 8.47. The fraction of sp³-hybridized carbons (Fsp3) is 0.556. The Morgan fingerprint density at radius 1 is 1.30 bits per heavy atom. The Morgan fingerprint density at radius 2 is 2.04 bits per heavy atom. The maximum Gasteiger partial charge on any atom is 0.251 e. The third-order valence-corrected chi connectivity index (χ3v) is 5.74. The molecular formula is C18H24N2O2S. The van der Waals surface area contributed by atoms with Crippen LogP contribution in [0.1, 0.15) is 32.6 Å². The molecule has 0 aliphatic heterocycles. The van der Waals surface area contributed by atoms with Crippen LogP contribution in [-0.2, 0) is 16.1 Å². The second-order valence-electron chi connectivity index (χ2n) is 6.40. The highest BCUT2D eigenvalue weighted by atomic mass is 32.1. The minimum absolute atomic E-state index is 0.0506. The van der Waals surface area contributed by atoms with Gasteiger partial charge in [0.2, 0.25) is 0 Å². The number of amides is 1. The quantitative estimate of drug-likeness (QED) is 0.858. The fourth-order valence-electron chi connectivity index (χ4n) is 3.20. The molecule has 3 rings (SSSR count). The van der Waals surface area contributed by atoms with Gasteiger partial charge in [-0.2, -0.15) is 4.99 Å². The largest absolute Gasteiger partial charge is 0.383 e. The lowest BCUT2D eigenvalue weighted by Crippen LogP contribution is -2.24. The van der Waals surface area contributed by atoms with Crippen molar-refractivity contribution in [1.82, 2.24) is 4.57 Å². The van der Waals surface area contributed by atoms with Gasteiger partial charge in [0.25, 0.3) is 5.91 Å². The number of fused-ring (bicyclic) bond motifs is 1. The summed E-state index contributed by atoms with van der Waals surface area (Å²) in [7, 11) is 1.69. The monoisotopic (exact) mass is 332 g/mol.